The van der Waals surface area contributed by atoms with Crippen LogP contribution in [0.3, 0.4) is 0 Å². The topological polar surface area (TPSA) is 80.4 Å². The number of hydrogen-bond acceptors (Lipinski definition) is 4. The van der Waals surface area contributed by atoms with Crippen molar-refractivity contribution in [2.24, 2.45) is 10.7 Å². The normalized spacial score (nSPS) is 12.8. The van der Waals surface area contributed by atoms with E-state index in [0.29, 0.717) is 11.6 Å². The fourth-order valence-corrected chi connectivity index (χ4v) is 2.63. The minimum absolute atomic E-state index is 0.234. The molecule has 0 saturated carbocycles. The molecule has 1 aromatic heterocycles. The first-order valence-corrected chi connectivity index (χ1v) is 8.55. The second-order valence-electron chi connectivity index (χ2n) is 6.16. The molecule has 148 valence electrons. The number of pyridine rings is 1. The van der Waals surface area contributed by atoms with Gasteiger partial charge < -0.3 is 11.1 Å². The molecule has 0 fully saturated rings. The number of amides is 1. The van der Waals surface area contributed by atoms with Crippen LogP contribution in [-0.4, -0.2) is 30.0 Å². The molecule has 0 bridgehead atoms. The van der Waals surface area contributed by atoms with Crippen molar-refractivity contribution in [3.05, 3.63) is 78.1 Å². The number of rotatable bonds is 3. The fourth-order valence-electron chi connectivity index (χ4n) is 2.63. The van der Waals surface area contributed by atoms with Gasteiger partial charge in [0, 0.05) is 35.8 Å². The number of amidine groups is 1. The molecule has 2 aromatic carbocycles. The highest BCUT2D eigenvalue weighted by molar-refractivity contribution is 6.11. The Labute approximate surface area is 164 Å². The number of aliphatic imine (C=N–C) groups is 1. The minimum atomic E-state index is -4.70. The first-order valence-electron chi connectivity index (χ1n) is 8.55. The average Bonchev–Trinajstić information content (AvgIpc) is 2.72. The SMILES string of the molecule is CN=C(/C=C(\N)C(F)(F)F)NC(=O)c1ccc2cc(-c3ccccc3)cnc2c1. The maximum absolute atomic E-state index is 12.6. The van der Waals surface area contributed by atoms with E-state index in [1.165, 1.54) is 7.05 Å². The molecule has 3 aromatic rings. The summed E-state index contributed by atoms with van der Waals surface area (Å²) < 4.78 is 37.7. The van der Waals surface area contributed by atoms with Crippen molar-refractivity contribution in [1.29, 1.82) is 0 Å². The second-order valence-corrected chi connectivity index (χ2v) is 6.16. The minimum Gasteiger partial charge on any atom is -0.395 e. The van der Waals surface area contributed by atoms with Gasteiger partial charge in [0.15, 0.2) is 0 Å². The standard InChI is InChI=1S/C21H17F3N4O/c1-26-19(11-18(25)21(22,23)24)28-20(29)15-8-7-14-9-16(12-27-17(14)10-15)13-5-3-2-4-6-13/h2-12H,25H2,1H3,(H,26,28,29)/b18-11-. The summed E-state index contributed by atoms with van der Waals surface area (Å²) in [5, 5.41) is 3.14. The van der Waals surface area contributed by atoms with Gasteiger partial charge >= 0.3 is 6.18 Å². The van der Waals surface area contributed by atoms with E-state index < -0.39 is 17.8 Å². The molecular formula is C21H17F3N4O. The zero-order valence-corrected chi connectivity index (χ0v) is 15.4. The van der Waals surface area contributed by atoms with Crippen LogP contribution in [0.15, 0.2) is 77.6 Å². The van der Waals surface area contributed by atoms with E-state index in [-0.39, 0.29) is 11.4 Å². The van der Waals surface area contributed by atoms with E-state index in [1.54, 1.807) is 24.4 Å². The van der Waals surface area contributed by atoms with Gasteiger partial charge in [-0.05, 0) is 23.8 Å². The zero-order chi connectivity index (χ0) is 21.0. The molecule has 5 nitrogen and oxygen atoms in total. The summed E-state index contributed by atoms with van der Waals surface area (Å²) in [6, 6.07) is 16.5. The van der Waals surface area contributed by atoms with Crippen LogP contribution in [0.25, 0.3) is 22.0 Å². The van der Waals surface area contributed by atoms with Crippen molar-refractivity contribution >= 4 is 22.6 Å². The van der Waals surface area contributed by atoms with Crippen molar-refractivity contribution in [3.63, 3.8) is 0 Å². The first kappa shape index (κ1) is 20.1. The number of aromatic nitrogens is 1. The van der Waals surface area contributed by atoms with Crippen LogP contribution in [0.5, 0.6) is 0 Å². The van der Waals surface area contributed by atoms with Gasteiger partial charge in [-0.2, -0.15) is 13.2 Å². The number of nitrogens with zero attached hydrogens (tertiary/aromatic N) is 2. The fraction of sp³-hybridized carbons (Fsp3) is 0.0952. The zero-order valence-electron chi connectivity index (χ0n) is 15.4. The third-order valence-electron chi connectivity index (χ3n) is 4.16. The molecule has 0 saturated heterocycles. The van der Waals surface area contributed by atoms with E-state index in [4.69, 9.17) is 5.73 Å². The van der Waals surface area contributed by atoms with Crippen molar-refractivity contribution in [2.45, 2.75) is 6.18 Å². The Morgan fingerprint density at radius 1 is 1.10 bits per heavy atom. The van der Waals surface area contributed by atoms with E-state index in [9.17, 15) is 18.0 Å². The molecule has 0 unspecified atom stereocenters. The Bertz CT molecular complexity index is 1110. The Kier molecular flexibility index (Phi) is 5.63. The summed E-state index contributed by atoms with van der Waals surface area (Å²) in [5.74, 6) is -0.912. The molecular weight excluding hydrogens is 381 g/mol. The smallest absolute Gasteiger partial charge is 0.395 e. The molecule has 29 heavy (non-hydrogen) atoms. The maximum Gasteiger partial charge on any atom is 0.430 e. The van der Waals surface area contributed by atoms with Crippen molar-refractivity contribution in [3.8, 4) is 11.1 Å². The number of alkyl halides is 3. The first-order chi connectivity index (χ1) is 13.8. The number of carbonyl (C=O) groups excluding carboxylic acids is 1. The molecule has 1 heterocycles. The summed E-state index contributed by atoms with van der Waals surface area (Å²) in [7, 11) is 1.25. The lowest BCUT2D eigenvalue weighted by molar-refractivity contribution is -0.0925. The number of carbonyl (C=O) groups is 1. The molecule has 0 aliphatic heterocycles. The Morgan fingerprint density at radius 3 is 2.48 bits per heavy atom. The Morgan fingerprint density at radius 2 is 1.83 bits per heavy atom. The highest BCUT2D eigenvalue weighted by atomic mass is 19.4. The molecule has 3 rings (SSSR count). The van der Waals surface area contributed by atoms with Crippen molar-refractivity contribution in [1.82, 2.24) is 10.3 Å². The molecule has 0 spiro atoms. The lowest BCUT2D eigenvalue weighted by Crippen LogP contribution is -2.31. The highest BCUT2D eigenvalue weighted by Gasteiger charge is 2.31. The predicted molar refractivity (Wildman–Crippen MR) is 106 cm³/mol. The summed E-state index contributed by atoms with van der Waals surface area (Å²) >= 11 is 0. The number of halogens is 3. The summed E-state index contributed by atoms with van der Waals surface area (Å²) in [6.07, 6.45) is -2.43. The quantitative estimate of drug-likeness (QED) is 0.516. The van der Waals surface area contributed by atoms with Gasteiger partial charge in [0.2, 0.25) is 0 Å². The van der Waals surface area contributed by atoms with E-state index in [2.05, 4.69) is 15.3 Å². The van der Waals surface area contributed by atoms with E-state index in [1.807, 2.05) is 36.4 Å². The number of fused-ring (bicyclic) bond motifs is 1. The van der Waals surface area contributed by atoms with Crippen LogP contribution in [0.1, 0.15) is 10.4 Å². The molecule has 0 aliphatic rings. The predicted octanol–water partition coefficient (Wildman–Crippen LogP) is 4.06. The van der Waals surface area contributed by atoms with Gasteiger partial charge in [0.25, 0.3) is 5.91 Å². The van der Waals surface area contributed by atoms with Crippen molar-refractivity contribution in [2.75, 3.05) is 7.05 Å². The monoisotopic (exact) mass is 398 g/mol. The van der Waals surface area contributed by atoms with Gasteiger partial charge in [0.1, 0.15) is 11.5 Å². The molecule has 0 atom stereocenters. The molecule has 0 radical (unpaired) electrons. The molecule has 1 amide bonds. The van der Waals surface area contributed by atoms with Crippen LogP contribution in [-0.2, 0) is 0 Å². The highest BCUT2D eigenvalue weighted by Crippen LogP contribution is 2.23. The van der Waals surface area contributed by atoms with Gasteiger partial charge in [0.05, 0.1) is 5.52 Å². The van der Waals surface area contributed by atoms with E-state index in [0.717, 1.165) is 16.5 Å². The Hall–Kier alpha value is -3.68. The number of nitrogens with two attached hydrogens (primary N) is 1. The number of allylic oxidation sites excluding steroid dienone is 1. The Balaban J connectivity index is 1.83. The van der Waals surface area contributed by atoms with Gasteiger partial charge in [-0.15, -0.1) is 0 Å². The van der Waals surface area contributed by atoms with Crippen LogP contribution < -0.4 is 11.1 Å². The van der Waals surface area contributed by atoms with Gasteiger partial charge in [-0.25, -0.2) is 0 Å². The maximum atomic E-state index is 12.6. The second kappa shape index (κ2) is 8.14. The molecule has 8 heteroatoms. The van der Waals surface area contributed by atoms with E-state index >= 15 is 0 Å². The van der Waals surface area contributed by atoms with Crippen LogP contribution in [0.2, 0.25) is 0 Å². The lowest BCUT2D eigenvalue weighted by Gasteiger charge is -2.09. The van der Waals surface area contributed by atoms with Gasteiger partial charge in [-0.1, -0.05) is 36.4 Å². The van der Waals surface area contributed by atoms with Crippen LogP contribution in [0.4, 0.5) is 13.2 Å². The number of hydrogen-bond donors (Lipinski definition) is 2. The summed E-state index contributed by atoms with van der Waals surface area (Å²) in [5.41, 5.74) is 6.38. The third-order valence-corrected chi connectivity index (χ3v) is 4.16. The third kappa shape index (κ3) is 4.78. The van der Waals surface area contributed by atoms with Crippen LogP contribution in [0, 0.1) is 0 Å². The molecule has 0 aliphatic carbocycles. The van der Waals surface area contributed by atoms with Crippen LogP contribution >= 0.6 is 0 Å². The lowest BCUT2D eigenvalue weighted by atomic mass is 10.0. The number of nitrogens with one attached hydrogen (secondary N) is 1. The largest absolute Gasteiger partial charge is 0.430 e. The van der Waals surface area contributed by atoms with Crippen molar-refractivity contribution < 1.29 is 18.0 Å². The van der Waals surface area contributed by atoms with Gasteiger partial charge in [-0.3, -0.25) is 14.8 Å². The molecule has 3 N–H and O–H groups in total. The summed E-state index contributed by atoms with van der Waals surface area (Å²) in [6.45, 7) is 0. The average molecular weight is 398 g/mol. The summed E-state index contributed by atoms with van der Waals surface area (Å²) in [4.78, 5) is 20.4. The number of benzene rings is 2.